The van der Waals surface area contributed by atoms with Crippen molar-refractivity contribution in [3.63, 3.8) is 0 Å². The van der Waals surface area contributed by atoms with Crippen LogP contribution in [-0.2, 0) is 29.1 Å². The third-order valence-corrected chi connectivity index (χ3v) is 14.7. The lowest BCUT2D eigenvalue weighted by atomic mass is 9.87. The number of nitrogens with one attached hydrogen (secondary N) is 2. The number of nitrogens with zero attached hydrogens (tertiary/aromatic N) is 2. The summed E-state index contributed by atoms with van der Waals surface area (Å²) < 4.78 is 84.7. The highest BCUT2D eigenvalue weighted by atomic mass is 35.5. The largest absolute Gasteiger partial charge is 0.491 e. The van der Waals surface area contributed by atoms with Gasteiger partial charge >= 0.3 is 12.3 Å². The number of rotatable bonds is 19. The second-order valence-electron chi connectivity index (χ2n) is 18.5. The average Bonchev–Trinajstić information content (AvgIpc) is 3.56. The number of allylic oxidation sites excluding steroid dienone is 2. The second-order valence-corrected chi connectivity index (χ2v) is 21.2. The van der Waals surface area contributed by atoms with Crippen molar-refractivity contribution in [3.8, 4) is 22.9 Å². The molecule has 5 rings (SSSR count). The van der Waals surface area contributed by atoms with E-state index in [1.807, 2.05) is 45.1 Å². The number of carbonyl (C=O) groups is 4. The molecule has 0 bridgehead atoms. The predicted octanol–water partition coefficient (Wildman–Crippen LogP) is 7.87. The van der Waals surface area contributed by atoms with Gasteiger partial charge < -0.3 is 30.2 Å². The minimum atomic E-state index is -4.91. The van der Waals surface area contributed by atoms with Crippen LogP contribution in [0.25, 0.3) is 11.3 Å². The fourth-order valence-electron chi connectivity index (χ4n) is 8.16. The summed E-state index contributed by atoms with van der Waals surface area (Å²) in [5.41, 5.74) is 4.12. The molecule has 0 radical (unpaired) electrons. The number of likely N-dealkylation sites (tertiary alicyclic amines) is 1. The van der Waals surface area contributed by atoms with Crippen LogP contribution in [0.3, 0.4) is 0 Å². The minimum Gasteiger partial charge on any atom is -0.491 e. The van der Waals surface area contributed by atoms with Gasteiger partial charge in [0, 0.05) is 29.0 Å². The van der Waals surface area contributed by atoms with E-state index < -0.39 is 80.4 Å². The van der Waals surface area contributed by atoms with Gasteiger partial charge in [0.25, 0.3) is 0 Å². The first-order chi connectivity index (χ1) is 29.8. The average molecular weight is 941 g/mol. The van der Waals surface area contributed by atoms with Crippen molar-refractivity contribution in [1.82, 2.24) is 19.9 Å². The van der Waals surface area contributed by atoms with Crippen LogP contribution >= 0.6 is 11.6 Å². The van der Waals surface area contributed by atoms with E-state index in [4.69, 9.17) is 31.5 Å². The number of carbonyl (C=O) groups excluding carboxylic acids is 4. The number of aromatic nitrogens is 1. The Kier molecular flexibility index (Phi) is 16.0. The lowest BCUT2D eigenvalue weighted by Crippen LogP contribution is -2.56. The van der Waals surface area contributed by atoms with Crippen molar-refractivity contribution in [1.29, 1.82) is 0 Å². The molecule has 2 aromatic rings. The normalized spacial score (nSPS) is 22.5. The van der Waals surface area contributed by atoms with Gasteiger partial charge in [0.1, 0.15) is 23.9 Å². The number of primary amides is 1. The SMILES string of the molecule is CC(C)Oc1ccc(-c2cc(Cl)cc(O[C@@H]3C[C@@H](C(N)=O)N(C(=O)[C@@H](NC(=O)OC(C)(C)C(F)(F)F)[C@H](C)C[C@H](C)CC/C=C\[C@@H]4CCCC4C(=O)NS(=O)(=O)C4(C)CC4)C3)n2)cc1. The predicted molar refractivity (Wildman–Crippen MR) is 235 cm³/mol. The van der Waals surface area contributed by atoms with Crippen LogP contribution in [0.4, 0.5) is 18.0 Å². The minimum absolute atomic E-state index is 0.0172. The van der Waals surface area contributed by atoms with Gasteiger partial charge in [0.2, 0.25) is 39.2 Å². The molecule has 64 heavy (non-hydrogen) atoms. The quantitative estimate of drug-likeness (QED) is 0.117. The fourth-order valence-corrected chi connectivity index (χ4v) is 9.66. The molecule has 4 N–H and O–H groups in total. The second kappa shape index (κ2) is 20.3. The van der Waals surface area contributed by atoms with Crippen LogP contribution in [0.1, 0.15) is 106 Å². The summed E-state index contributed by atoms with van der Waals surface area (Å²) in [5.74, 6) is -2.65. The van der Waals surface area contributed by atoms with Crippen molar-refractivity contribution in [2.24, 2.45) is 29.4 Å². The molecule has 3 aliphatic rings. The Balaban J connectivity index is 1.26. The summed E-state index contributed by atoms with van der Waals surface area (Å²) in [7, 11) is -3.75. The van der Waals surface area contributed by atoms with Gasteiger partial charge in [-0.25, -0.2) is 18.2 Å². The van der Waals surface area contributed by atoms with Gasteiger partial charge in [0.15, 0.2) is 0 Å². The highest BCUT2D eigenvalue weighted by Crippen LogP contribution is 2.43. The molecule has 7 atom stereocenters. The highest BCUT2D eigenvalue weighted by Gasteiger charge is 2.53. The number of pyridine rings is 1. The summed E-state index contributed by atoms with van der Waals surface area (Å²) in [6, 6.07) is 7.73. The summed E-state index contributed by atoms with van der Waals surface area (Å²) in [4.78, 5) is 59.1. The van der Waals surface area contributed by atoms with Gasteiger partial charge in [-0.1, -0.05) is 44.0 Å². The molecule has 1 aromatic heterocycles. The van der Waals surface area contributed by atoms with E-state index in [0.29, 0.717) is 68.8 Å². The first-order valence-corrected chi connectivity index (χ1v) is 23.7. The zero-order valence-electron chi connectivity index (χ0n) is 37.4. The molecular weight excluding hydrogens is 879 g/mol. The first-order valence-electron chi connectivity index (χ1n) is 21.8. The van der Waals surface area contributed by atoms with E-state index >= 15 is 0 Å². The number of nitrogens with two attached hydrogens (primary N) is 1. The molecule has 0 spiro atoms. The van der Waals surface area contributed by atoms with Gasteiger partial charge in [-0.05, 0) is 128 Å². The number of hydrogen-bond donors (Lipinski definition) is 3. The van der Waals surface area contributed by atoms with Gasteiger partial charge in [-0.3, -0.25) is 19.1 Å². The lowest BCUT2D eigenvalue weighted by Gasteiger charge is -2.33. The summed E-state index contributed by atoms with van der Waals surface area (Å²) in [5, 5.41) is 2.68. The Morgan fingerprint density at radius 3 is 2.34 bits per heavy atom. The molecule has 1 aromatic carbocycles. The number of alkyl halides is 3. The maximum Gasteiger partial charge on any atom is 0.427 e. The van der Waals surface area contributed by atoms with Crippen LogP contribution in [0.5, 0.6) is 11.6 Å². The topological polar surface area (TPSA) is 196 Å². The van der Waals surface area contributed by atoms with Crippen LogP contribution in [-0.4, -0.2) is 89.5 Å². The zero-order chi connectivity index (χ0) is 47.4. The number of benzene rings is 1. The van der Waals surface area contributed by atoms with Crippen LogP contribution in [0, 0.1) is 23.7 Å². The Morgan fingerprint density at radius 2 is 1.73 bits per heavy atom. The maximum absolute atomic E-state index is 14.4. The maximum atomic E-state index is 14.4. The molecule has 2 aliphatic carbocycles. The van der Waals surface area contributed by atoms with Crippen LogP contribution in [0.2, 0.25) is 5.02 Å². The first kappa shape index (κ1) is 50.4. The number of halogens is 4. The smallest absolute Gasteiger partial charge is 0.427 e. The molecule has 1 unspecified atom stereocenters. The third kappa shape index (κ3) is 12.8. The molecule has 2 saturated carbocycles. The van der Waals surface area contributed by atoms with E-state index in [9.17, 15) is 40.8 Å². The third-order valence-electron chi connectivity index (χ3n) is 12.3. The number of alkyl carbamates (subject to hydrolysis) is 1. The summed E-state index contributed by atoms with van der Waals surface area (Å²) in [6.45, 7) is 10.3. The zero-order valence-corrected chi connectivity index (χ0v) is 38.9. The Bertz CT molecular complexity index is 2150. The number of hydrogen-bond acceptors (Lipinski definition) is 10. The molecular formula is C45H61ClF3N5O9S. The van der Waals surface area contributed by atoms with Crippen molar-refractivity contribution >= 4 is 45.4 Å². The van der Waals surface area contributed by atoms with Crippen LogP contribution < -0.4 is 25.2 Å². The Labute approximate surface area is 378 Å². The summed E-state index contributed by atoms with van der Waals surface area (Å²) >= 11 is 6.46. The van der Waals surface area contributed by atoms with E-state index in [0.717, 1.165) is 18.4 Å². The van der Waals surface area contributed by atoms with Crippen molar-refractivity contribution in [3.05, 3.63) is 53.6 Å². The number of ether oxygens (including phenoxy) is 3. The van der Waals surface area contributed by atoms with Crippen molar-refractivity contribution in [2.45, 2.75) is 147 Å². The van der Waals surface area contributed by atoms with Gasteiger partial charge in [0.05, 0.1) is 23.1 Å². The molecule has 2 heterocycles. The van der Waals surface area contributed by atoms with E-state index in [1.54, 1.807) is 32.0 Å². The molecule has 4 amide bonds. The molecule has 354 valence electrons. The highest BCUT2D eigenvalue weighted by molar-refractivity contribution is 7.91. The number of amides is 4. The Hall–Kier alpha value is -4.58. The lowest BCUT2D eigenvalue weighted by molar-refractivity contribution is -0.244. The molecule has 14 nitrogen and oxygen atoms in total. The van der Waals surface area contributed by atoms with Crippen molar-refractivity contribution < 1.29 is 55.0 Å². The fraction of sp³-hybridized carbons (Fsp3) is 0.622. The standard InChI is InChI=1S/C45H61ClF3N5O9S/c1-26(2)61-32-17-15-30(16-18-32)35-22-31(46)23-37(51-35)62-33-24-36(39(50)55)54(25-33)41(57)38(52-42(58)63-43(5,6)45(47,48)49)28(4)21-27(3)11-8-9-12-29-13-10-14-34(29)40(56)53-64(59,60)44(7)19-20-44/h9,12,15-18,22-23,26-29,33-34,36,38H,8,10-11,13-14,19-21,24-25H2,1-7H3,(H2,50,55)(H,52,58)(H,53,56)/b12-9-/t27-,28-,29-,33-,34?,36+,38+/m1/s1. The van der Waals surface area contributed by atoms with Crippen molar-refractivity contribution in [2.75, 3.05) is 6.54 Å². The summed E-state index contributed by atoms with van der Waals surface area (Å²) in [6.07, 6.45) is 1.29. The van der Waals surface area contributed by atoms with Gasteiger partial charge in [-0.15, -0.1) is 0 Å². The number of sulfonamides is 1. The molecule has 3 fully saturated rings. The van der Waals surface area contributed by atoms with E-state index in [1.165, 1.54) is 11.0 Å². The molecule has 1 aliphatic heterocycles. The van der Waals surface area contributed by atoms with E-state index in [2.05, 4.69) is 15.0 Å². The van der Waals surface area contributed by atoms with Gasteiger partial charge in [-0.2, -0.15) is 13.2 Å². The van der Waals surface area contributed by atoms with E-state index in [-0.39, 0.29) is 36.8 Å². The Morgan fingerprint density at radius 1 is 1.06 bits per heavy atom. The van der Waals surface area contributed by atoms with Crippen LogP contribution in [0.15, 0.2) is 48.6 Å². The monoisotopic (exact) mass is 939 g/mol. The molecule has 19 heteroatoms. The molecule has 1 saturated heterocycles.